The fourth-order valence-corrected chi connectivity index (χ4v) is 2.20. The molecule has 0 aliphatic carbocycles. The van der Waals surface area contributed by atoms with Gasteiger partial charge in [-0.2, -0.15) is 0 Å². The summed E-state index contributed by atoms with van der Waals surface area (Å²) in [7, 11) is 0. The largest absolute Gasteiger partial charge is 0.446 e. The minimum atomic E-state index is -0.791. The molecule has 126 valence electrons. The second kappa shape index (κ2) is 6.90. The third kappa shape index (κ3) is 3.06. The van der Waals surface area contributed by atoms with E-state index in [1.165, 1.54) is 18.2 Å². The van der Waals surface area contributed by atoms with Crippen LogP contribution in [0.1, 0.15) is 0 Å². The Kier molecular flexibility index (Phi) is 4.69. The van der Waals surface area contributed by atoms with Crippen molar-refractivity contribution in [3.05, 3.63) is 39.0 Å². The van der Waals surface area contributed by atoms with Crippen LogP contribution in [0, 0.1) is 5.82 Å². The summed E-state index contributed by atoms with van der Waals surface area (Å²) >= 11 is 3.05. The average Bonchev–Trinajstić information content (AvgIpc) is 3.17. The predicted molar refractivity (Wildman–Crippen MR) is 81.7 cm³/mol. The van der Waals surface area contributed by atoms with Gasteiger partial charge in [0.1, 0.15) is 5.82 Å². The van der Waals surface area contributed by atoms with Gasteiger partial charge in [0.15, 0.2) is 0 Å². The van der Waals surface area contributed by atoms with Crippen LogP contribution in [0.2, 0.25) is 0 Å². The van der Waals surface area contributed by atoms with Gasteiger partial charge in [-0.1, -0.05) is 5.16 Å². The van der Waals surface area contributed by atoms with Gasteiger partial charge >= 0.3 is 5.76 Å². The number of halogens is 2. The number of rotatable bonds is 6. The summed E-state index contributed by atoms with van der Waals surface area (Å²) in [6, 6.07) is 3.96. The molecule has 0 fully saturated rings. The summed E-state index contributed by atoms with van der Waals surface area (Å²) in [5.74, 6) is -1.20. The van der Waals surface area contributed by atoms with Gasteiger partial charge in [-0.15, -0.1) is 0 Å². The molecule has 3 N–H and O–H groups in total. The van der Waals surface area contributed by atoms with Gasteiger partial charge in [0, 0.05) is 6.54 Å². The van der Waals surface area contributed by atoms with E-state index >= 15 is 0 Å². The second-order valence-corrected chi connectivity index (χ2v) is 5.26. The van der Waals surface area contributed by atoms with Crippen LogP contribution in [0.4, 0.5) is 10.2 Å². The zero-order chi connectivity index (χ0) is 17.1. The summed E-state index contributed by atoms with van der Waals surface area (Å²) in [6.45, 7) is 0.495. The Hall–Kier alpha value is -2.57. The molecule has 0 saturated heterocycles. The molecule has 2 heterocycles. The Labute approximate surface area is 141 Å². The SMILES string of the molecule is NCCONc1nonc1-c1noc(=O)n1-c1ccc(F)c(Br)c1. The number of nitrogens with zero attached hydrogens (tertiary/aromatic N) is 4. The normalized spacial score (nSPS) is 11.0. The van der Waals surface area contributed by atoms with Crippen molar-refractivity contribution in [2.45, 2.75) is 0 Å². The summed E-state index contributed by atoms with van der Waals surface area (Å²) in [5, 5.41) is 10.9. The van der Waals surface area contributed by atoms with E-state index in [1.807, 2.05) is 0 Å². The highest BCUT2D eigenvalue weighted by Crippen LogP contribution is 2.26. The van der Waals surface area contributed by atoms with Gasteiger partial charge in [0.05, 0.1) is 16.8 Å². The Bertz CT molecular complexity index is 907. The smallest absolute Gasteiger partial charge is 0.328 e. The molecule has 10 nitrogen and oxygen atoms in total. The first-order chi connectivity index (χ1) is 11.6. The van der Waals surface area contributed by atoms with Gasteiger partial charge in [0.25, 0.3) is 0 Å². The van der Waals surface area contributed by atoms with E-state index in [0.29, 0.717) is 5.69 Å². The quantitative estimate of drug-likeness (QED) is 0.460. The van der Waals surface area contributed by atoms with Crippen LogP contribution in [-0.2, 0) is 4.84 Å². The number of hydrogen-bond acceptors (Lipinski definition) is 9. The molecule has 0 saturated carbocycles. The molecule has 0 aliphatic heterocycles. The number of nitrogens with two attached hydrogens (primary N) is 1. The first-order valence-corrected chi connectivity index (χ1v) is 7.36. The molecule has 12 heteroatoms. The minimum Gasteiger partial charge on any atom is -0.328 e. The molecule has 0 spiro atoms. The Morgan fingerprint density at radius 3 is 2.96 bits per heavy atom. The van der Waals surface area contributed by atoms with Gasteiger partial charge in [0.2, 0.25) is 17.3 Å². The van der Waals surface area contributed by atoms with E-state index in [-0.39, 0.29) is 35.0 Å². The van der Waals surface area contributed by atoms with Gasteiger partial charge < -0.3 is 5.73 Å². The van der Waals surface area contributed by atoms with Crippen molar-refractivity contribution in [2.24, 2.45) is 5.73 Å². The molecule has 3 rings (SSSR count). The van der Waals surface area contributed by atoms with Crippen molar-refractivity contribution < 1.29 is 18.4 Å². The van der Waals surface area contributed by atoms with Crippen LogP contribution in [0.15, 0.2) is 36.6 Å². The van der Waals surface area contributed by atoms with Crippen molar-refractivity contribution in [3.8, 4) is 17.2 Å². The molecule has 3 aromatic rings. The van der Waals surface area contributed by atoms with Gasteiger partial charge in [-0.25, -0.2) is 23.9 Å². The average molecular weight is 401 g/mol. The first-order valence-electron chi connectivity index (χ1n) is 6.56. The van der Waals surface area contributed by atoms with Crippen LogP contribution < -0.4 is 17.0 Å². The third-order valence-electron chi connectivity index (χ3n) is 2.86. The van der Waals surface area contributed by atoms with Crippen molar-refractivity contribution in [1.82, 2.24) is 20.0 Å². The topological polar surface area (TPSA) is 134 Å². The third-order valence-corrected chi connectivity index (χ3v) is 3.46. The van der Waals surface area contributed by atoms with Crippen LogP contribution in [0.5, 0.6) is 0 Å². The van der Waals surface area contributed by atoms with E-state index in [4.69, 9.17) is 10.6 Å². The molecular formula is C12H10BrFN6O4. The van der Waals surface area contributed by atoms with E-state index in [2.05, 4.69) is 46.0 Å². The lowest BCUT2D eigenvalue weighted by Gasteiger charge is -2.05. The van der Waals surface area contributed by atoms with Crippen LogP contribution in [0.3, 0.4) is 0 Å². The molecule has 0 amide bonds. The molecular weight excluding hydrogens is 391 g/mol. The van der Waals surface area contributed by atoms with Crippen molar-refractivity contribution in [1.29, 1.82) is 0 Å². The molecule has 2 aromatic heterocycles. The Morgan fingerprint density at radius 2 is 2.21 bits per heavy atom. The van der Waals surface area contributed by atoms with E-state index in [9.17, 15) is 9.18 Å². The Balaban J connectivity index is 2.04. The molecule has 0 aliphatic rings. The number of aromatic nitrogens is 4. The maximum atomic E-state index is 13.4. The lowest BCUT2D eigenvalue weighted by Crippen LogP contribution is -2.15. The van der Waals surface area contributed by atoms with E-state index in [1.54, 1.807) is 0 Å². The Morgan fingerprint density at radius 1 is 1.38 bits per heavy atom. The fraction of sp³-hybridized carbons (Fsp3) is 0.167. The minimum absolute atomic E-state index is 0.00129. The highest BCUT2D eigenvalue weighted by atomic mass is 79.9. The summed E-state index contributed by atoms with van der Waals surface area (Å²) in [4.78, 5) is 17.0. The number of nitrogens with one attached hydrogen (secondary N) is 1. The molecule has 0 radical (unpaired) electrons. The van der Waals surface area contributed by atoms with Crippen molar-refractivity contribution in [3.63, 3.8) is 0 Å². The lowest BCUT2D eigenvalue weighted by molar-refractivity contribution is 0.198. The standard InChI is InChI=1S/C12H10BrFN6O4/c13-7-5-6(1-2-8(7)14)20-11(19-23-12(20)21)9-10(18-24-16-9)17-22-4-3-15/h1-2,5H,3-4,15H2,(H,17,18). The van der Waals surface area contributed by atoms with Crippen LogP contribution in [-0.4, -0.2) is 33.2 Å². The number of anilines is 1. The molecule has 0 bridgehead atoms. The zero-order valence-corrected chi connectivity index (χ0v) is 13.5. The zero-order valence-electron chi connectivity index (χ0n) is 11.9. The summed E-state index contributed by atoms with van der Waals surface area (Å²) in [5.41, 5.74) is 8.18. The number of hydrogen-bond donors (Lipinski definition) is 2. The van der Waals surface area contributed by atoms with Gasteiger partial charge in [-0.05, 0) is 44.4 Å². The van der Waals surface area contributed by atoms with Crippen molar-refractivity contribution in [2.75, 3.05) is 18.6 Å². The fourth-order valence-electron chi connectivity index (χ4n) is 1.83. The van der Waals surface area contributed by atoms with Crippen LogP contribution >= 0.6 is 15.9 Å². The monoisotopic (exact) mass is 400 g/mol. The lowest BCUT2D eigenvalue weighted by atomic mass is 10.3. The predicted octanol–water partition coefficient (Wildman–Crippen LogP) is 1.08. The molecule has 24 heavy (non-hydrogen) atoms. The van der Waals surface area contributed by atoms with Crippen molar-refractivity contribution >= 4 is 21.7 Å². The summed E-state index contributed by atoms with van der Waals surface area (Å²) < 4.78 is 24.0. The first kappa shape index (κ1) is 16.3. The maximum absolute atomic E-state index is 13.4. The highest BCUT2D eigenvalue weighted by Gasteiger charge is 2.23. The summed E-state index contributed by atoms with van der Waals surface area (Å²) in [6.07, 6.45) is 0. The van der Waals surface area contributed by atoms with Crippen LogP contribution in [0.25, 0.3) is 17.2 Å². The molecule has 1 aromatic carbocycles. The van der Waals surface area contributed by atoms with Gasteiger partial charge in [-0.3, -0.25) is 9.36 Å². The maximum Gasteiger partial charge on any atom is 0.446 e. The van der Waals surface area contributed by atoms with E-state index < -0.39 is 11.6 Å². The number of benzene rings is 1. The molecule has 0 atom stereocenters. The molecule has 0 unspecified atom stereocenters. The van der Waals surface area contributed by atoms with E-state index in [0.717, 1.165) is 4.57 Å². The highest BCUT2D eigenvalue weighted by molar-refractivity contribution is 9.10. The second-order valence-electron chi connectivity index (χ2n) is 4.41.